The van der Waals surface area contributed by atoms with Gasteiger partial charge in [0.15, 0.2) is 6.73 Å². The maximum atomic E-state index is 12.1. The van der Waals surface area contributed by atoms with Crippen LogP contribution in [0, 0.1) is 6.92 Å². The lowest BCUT2D eigenvalue weighted by Gasteiger charge is -2.17. The van der Waals surface area contributed by atoms with E-state index in [0.717, 1.165) is 25.2 Å². The number of halogens is 1. The molecule has 1 heterocycles. The molecule has 25 heavy (non-hydrogen) atoms. The monoisotopic (exact) mass is 364 g/mol. The molecule has 0 aliphatic rings. The molecular formula is C18H25ClN4O2. The first-order chi connectivity index (χ1) is 12.0. The summed E-state index contributed by atoms with van der Waals surface area (Å²) in [6, 6.07) is 7.15. The van der Waals surface area contributed by atoms with Crippen molar-refractivity contribution >= 4 is 17.5 Å². The maximum absolute atomic E-state index is 12.1. The van der Waals surface area contributed by atoms with Crippen molar-refractivity contribution in [1.82, 2.24) is 20.0 Å². The number of ether oxygens (including phenoxy) is 1. The Kier molecular flexibility index (Phi) is 7.28. The third-order valence-electron chi connectivity index (χ3n) is 3.97. The molecule has 0 radical (unpaired) electrons. The summed E-state index contributed by atoms with van der Waals surface area (Å²) in [5, 5.41) is 7.83. The van der Waals surface area contributed by atoms with E-state index in [4.69, 9.17) is 16.3 Å². The van der Waals surface area contributed by atoms with Gasteiger partial charge in [-0.3, -0.25) is 4.79 Å². The van der Waals surface area contributed by atoms with Crippen molar-refractivity contribution < 1.29 is 9.53 Å². The molecule has 0 atom stereocenters. The molecule has 136 valence electrons. The molecule has 0 unspecified atom stereocenters. The Morgan fingerprint density at radius 2 is 2.08 bits per heavy atom. The zero-order valence-electron chi connectivity index (χ0n) is 15.0. The Morgan fingerprint density at radius 3 is 2.76 bits per heavy atom. The molecule has 6 nitrogen and oxygen atoms in total. The molecule has 1 aromatic carbocycles. The summed E-state index contributed by atoms with van der Waals surface area (Å²) in [5.74, 6) is 0.538. The van der Waals surface area contributed by atoms with E-state index in [1.165, 1.54) is 0 Å². The summed E-state index contributed by atoms with van der Waals surface area (Å²) in [4.78, 5) is 14.4. The molecule has 1 N–H and O–H groups in total. The van der Waals surface area contributed by atoms with Gasteiger partial charge < -0.3 is 15.0 Å². The van der Waals surface area contributed by atoms with E-state index in [9.17, 15) is 4.79 Å². The van der Waals surface area contributed by atoms with Gasteiger partial charge in [-0.05, 0) is 49.8 Å². The highest BCUT2D eigenvalue weighted by molar-refractivity contribution is 6.31. The Bertz CT molecular complexity index is 698. The molecule has 7 heteroatoms. The Morgan fingerprint density at radius 1 is 1.32 bits per heavy atom. The number of likely N-dealkylation sites (N-methyl/N-ethyl adjacent to an activating group) is 1. The molecule has 2 aromatic rings. The highest BCUT2D eigenvalue weighted by Crippen LogP contribution is 2.21. The molecule has 0 saturated heterocycles. The number of carbonyl (C=O) groups excluding carboxylic acids is 1. The molecule has 0 bridgehead atoms. The molecular weight excluding hydrogens is 340 g/mol. The largest absolute Gasteiger partial charge is 0.471 e. The van der Waals surface area contributed by atoms with Crippen molar-refractivity contribution in [2.75, 3.05) is 26.2 Å². The van der Waals surface area contributed by atoms with Crippen molar-refractivity contribution in [3.05, 3.63) is 46.7 Å². The third kappa shape index (κ3) is 5.76. The average molecular weight is 365 g/mol. The number of nitrogens with zero attached hydrogens (tertiary/aromatic N) is 3. The lowest BCUT2D eigenvalue weighted by molar-refractivity contribution is 0.0942. The molecule has 0 fully saturated rings. The van der Waals surface area contributed by atoms with Gasteiger partial charge in [-0.2, -0.15) is 5.10 Å². The first-order valence-corrected chi connectivity index (χ1v) is 8.84. The number of hydrogen-bond acceptors (Lipinski definition) is 4. The van der Waals surface area contributed by atoms with E-state index in [0.29, 0.717) is 23.0 Å². The van der Waals surface area contributed by atoms with Crippen molar-refractivity contribution in [1.29, 1.82) is 0 Å². The van der Waals surface area contributed by atoms with Crippen LogP contribution < -0.4 is 10.1 Å². The number of amides is 1. The van der Waals surface area contributed by atoms with Gasteiger partial charge in [-0.25, -0.2) is 4.68 Å². The summed E-state index contributed by atoms with van der Waals surface area (Å²) in [5.41, 5.74) is 1.34. The number of aromatic nitrogens is 2. The minimum Gasteiger partial charge on any atom is -0.471 e. The molecule has 0 aliphatic heterocycles. The average Bonchev–Trinajstić information content (AvgIpc) is 3.09. The third-order valence-corrected chi connectivity index (χ3v) is 4.40. The smallest absolute Gasteiger partial charge is 0.271 e. The zero-order chi connectivity index (χ0) is 18.2. The summed E-state index contributed by atoms with van der Waals surface area (Å²) in [6.07, 6.45) is 1.72. The second-order valence-electron chi connectivity index (χ2n) is 5.71. The Hall–Kier alpha value is -2.05. The fourth-order valence-electron chi connectivity index (χ4n) is 2.36. The van der Waals surface area contributed by atoms with Crippen LogP contribution in [0.15, 0.2) is 30.5 Å². The van der Waals surface area contributed by atoms with Crippen LogP contribution >= 0.6 is 11.6 Å². The molecule has 0 saturated carbocycles. The highest BCUT2D eigenvalue weighted by Gasteiger charge is 2.10. The number of nitrogens with one attached hydrogen (secondary N) is 1. The van der Waals surface area contributed by atoms with Crippen LogP contribution in [0.2, 0.25) is 5.02 Å². The molecule has 0 spiro atoms. The standard InChI is InChI=1S/C18H25ClN4O2/c1-4-22(5-2)11-9-20-18(24)17-8-10-23(21-17)13-25-15-6-7-16(19)14(3)12-15/h6-8,10,12H,4-5,9,11,13H2,1-3H3,(H,20,24). The second-order valence-corrected chi connectivity index (χ2v) is 6.11. The quantitative estimate of drug-likeness (QED) is 0.743. The molecule has 2 rings (SSSR count). The van der Waals surface area contributed by atoms with Crippen molar-refractivity contribution in [2.24, 2.45) is 0 Å². The normalized spacial score (nSPS) is 10.9. The minimum absolute atomic E-state index is 0.173. The van der Waals surface area contributed by atoms with E-state index >= 15 is 0 Å². The molecule has 1 aromatic heterocycles. The lowest BCUT2D eigenvalue weighted by Crippen LogP contribution is -2.35. The number of benzene rings is 1. The first-order valence-electron chi connectivity index (χ1n) is 8.46. The van der Waals surface area contributed by atoms with E-state index in [1.807, 2.05) is 13.0 Å². The number of carbonyl (C=O) groups is 1. The van der Waals surface area contributed by atoms with Gasteiger partial charge in [0.1, 0.15) is 11.4 Å². The van der Waals surface area contributed by atoms with E-state index in [2.05, 4.69) is 29.2 Å². The van der Waals surface area contributed by atoms with Crippen LogP contribution in [-0.4, -0.2) is 46.8 Å². The van der Waals surface area contributed by atoms with Gasteiger partial charge in [0.2, 0.25) is 0 Å². The van der Waals surface area contributed by atoms with Crippen molar-refractivity contribution in [3.63, 3.8) is 0 Å². The molecule has 0 aliphatic carbocycles. The summed E-state index contributed by atoms with van der Waals surface area (Å²) < 4.78 is 7.25. The van der Waals surface area contributed by atoms with Crippen molar-refractivity contribution in [3.8, 4) is 5.75 Å². The van der Waals surface area contributed by atoms with Crippen molar-refractivity contribution in [2.45, 2.75) is 27.5 Å². The van der Waals surface area contributed by atoms with Gasteiger partial charge in [0.05, 0.1) is 0 Å². The maximum Gasteiger partial charge on any atom is 0.271 e. The summed E-state index contributed by atoms with van der Waals surface area (Å²) >= 11 is 6.00. The molecule has 1 amide bonds. The number of rotatable bonds is 9. The van der Waals surface area contributed by atoms with E-state index in [1.54, 1.807) is 29.1 Å². The SMILES string of the molecule is CCN(CC)CCNC(=O)c1ccn(COc2ccc(Cl)c(C)c2)n1. The van der Waals surface area contributed by atoms with Crippen LogP contribution in [0.1, 0.15) is 29.9 Å². The van der Waals surface area contributed by atoms with Crippen LogP contribution in [-0.2, 0) is 6.73 Å². The van der Waals surface area contributed by atoms with Crippen LogP contribution in [0.5, 0.6) is 5.75 Å². The topological polar surface area (TPSA) is 59.4 Å². The summed E-state index contributed by atoms with van der Waals surface area (Å²) in [7, 11) is 0. The van der Waals surface area contributed by atoms with Gasteiger partial charge in [0.25, 0.3) is 5.91 Å². The number of aryl methyl sites for hydroxylation is 1. The fraction of sp³-hybridized carbons (Fsp3) is 0.444. The van der Waals surface area contributed by atoms with Crippen LogP contribution in [0.3, 0.4) is 0 Å². The predicted molar refractivity (Wildman–Crippen MR) is 99.2 cm³/mol. The van der Waals surface area contributed by atoms with E-state index in [-0.39, 0.29) is 12.6 Å². The Labute approximate surface area is 153 Å². The van der Waals surface area contributed by atoms with Crippen LogP contribution in [0.25, 0.3) is 0 Å². The zero-order valence-corrected chi connectivity index (χ0v) is 15.7. The van der Waals surface area contributed by atoms with Gasteiger partial charge in [-0.1, -0.05) is 25.4 Å². The fourth-order valence-corrected chi connectivity index (χ4v) is 2.48. The van der Waals surface area contributed by atoms with E-state index < -0.39 is 0 Å². The number of hydrogen-bond donors (Lipinski definition) is 1. The Balaban J connectivity index is 1.82. The van der Waals surface area contributed by atoms with Gasteiger partial charge in [0, 0.05) is 24.3 Å². The minimum atomic E-state index is -0.173. The first kappa shape index (κ1) is 19.3. The highest BCUT2D eigenvalue weighted by atomic mass is 35.5. The van der Waals surface area contributed by atoms with Crippen LogP contribution in [0.4, 0.5) is 0 Å². The lowest BCUT2D eigenvalue weighted by atomic mass is 10.2. The second kappa shape index (κ2) is 9.44. The summed E-state index contributed by atoms with van der Waals surface area (Å²) in [6.45, 7) is 9.75. The predicted octanol–water partition coefficient (Wildman–Crippen LogP) is 2.95. The van der Waals surface area contributed by atoms with Gasteiger partial charge >= 0.3 is 0 Å². The van der Waals surface area contributed by atoms with Gasteiger partial charge in [-0.15, -0.1) is 0 Å².